The quantitative estimate of drug-likeness (QED) is 0.865. The average Bonchev–Trinajstić information content (AvgIpc) is 2.48. The van der Waals surface area contributed by atoms with Crippen LogP contribution in [0.1, 0.15) is 30.6 Å². The molecule has 1 aliphatic carbocycles. The first-order valence-corrected chi connectivity index (χ1v) is 6.26. The van der Waals surface area contributed by atoms with E-state index in [0.29, 0.717) is 11.8 Å². The van der Waals surface area contributed by atoms with Gasteiger partial charge in [-0.05, 0) is 40.4 Å². The minimum absolute atomic E-state index is 0.0594. The van der Waals surface area contributed by atoms with Crippen LogP contribution in [0.25, 0.3) is 0 Å². The van der Waals surface area contributed by atoms with Crippen molar-refractivity contribution in [2.24, 2.45) is 5.92 Å². The van der Waals surface area contributed by atoms with Crippen molar-refractivity contribution >= 4 is 27.3 Å². The summed E-state index contributed by atoms with van der Waals surface area (Å²) in [4.78, 5) is 1.42. The molecule has 1 aliphatic rings. The van der Waals surface area contributed by atoms with Gasteiger partial charge in [0.1, 0.15) is 0 Å². The Bertz CT molecular complexity index is 297. The predicted octanol–water partition coefficient (Wildman–Crippen LogP) is 3.39. The van der Waals surface area contributed by atoms with Crippen LogP contribution in [0.2, 0.25) is 0 Å². The number of rotatable bonds is 2. The van der Waals surface area contributed by atoms with Gasteiger partial charge in [0, 0.05) is 10.8 Å². The second kappa shape index (κ2) is 3.71. The van der Waals surface area contributed by atoms with Gasteiger partial charge >= 0.3 is 0 Å². The minimum Gasteiger partial charge on any atom is -0.393 e. The van der Waals surface area contributed by atoms with Gasteiger partial charge in [0.2, 0.25) is 0 Å². The lowest BCUT2D eigenvalue weighted by molar-refractivity contribution is 0.000489. The van der Waals surface area contributed by atoms with Crippen LogP contribution in [0.15, 0.2) is 15.9 Å². The molecule has 1 nitrogen and oxygen atoms in total. The van der Waals surface area contributed by atoms with Crippen molar-refractivity contribution in [3.8, 4) is 0 Å². The Morgan fingerprint density at radius 1 is 1.62 bits per heavy atom. The van der Waals surface area contributed by atoms with Gasteiger partial charge in [-0.2, -0.15) is 0 Å². The Morgan fingerprint density at radius 2 is 2.38 bits per heavy atom. The molecule has 0 aromatic carbocycles. The molecule has 13 heavy (non-hydrogen) atoms. The SMILES string of the molecule is CCC1C(O)CC1c1ccc(Br)s1. The zero-order valence-electron chi connectivity index (χ0n) is 7.53. The highest BCUT2D eigenvalue weighted by Crippen LogP contribution is 2.47. The third kappa shape index (κ3) is 1.69. The number of hydrogen-bond acceptors (Lipinski definition) is 2. The van der Waals surface area contributed by atoms with Crippen molar-refractivity contribution in [2.45, 2.75) is 31.8 Å². The predicted molar refractivity (Wildman–Crippen MR) is 59.2 cm³/mol. The Labute approximate surface area is 90.9 Å². The summed E-state index contributed by atoms with van der Waals surface area (Å²) in [6.07, 6.45) is 1.98. The molecular weight excluding hydrogens is 248 g/mol. The van der Waals surface area contributed by atoms with Crippen LogP contribution in [0.3, 0.4) is 0 Å². The van der Waals surface area contributed by atoms with E-state index in [-0.39, 0.29) is 6.10 Å². The Morgan fingerprint density at radius 3 is 2.85 bits per heavy atom. The lowest BCUT2D eigenvalue weighted by atomic mass is 9.69. The zero-order valence-corrected chi connectivity index (χ0v) is 9.94. The van der Waals surface area contributed by atoms with Gasteiger partial charge in [0.25, 0.3) is 0 Å². The van der Waals surface area contributed by atoms with E-state index < -0.39 is 0 Å². The summed E-state index contributed by atoms with van der Waals surface area (Å²) in [5, 5.41) is 9.54. The minimum atomic E-state index is -0.0594. The summed E-state index contributed by atoms with van der Waals surface area (Å²) in [6, 6.07) is 4.27. The van der Waals surface area contributed by atoms with Crippen LogP contribution in [0.5, 0.6) is 0 Å². The molecule has 3 atom stereocenters. The van der Waals surface area contributed by atoms with Crippen molar-refractivity contribution in [3.63, 3.8) is 0 Å². The molecule has 1 saturated carbocycles. The fraction of sp³-hybridized carbons (Fsp3) is 0.600. The summed E-state index contributed by atoms with van der Waals surface area (Å²) in [5.74, 6) is 1.10. The molecule has 3 heteroatoms. The molecule has 0 amide bonds. The fourth-order valence-corrected chi connectivity index (χ4v) is 3.71. The standard InChI is InChI=1S/C10H13BrOS/c1-2-6-7(5-8(6)12)9-3-4-10(11)13-9/h3-4,6-8,12H,2,5H2,1H3. The number of aliphatic hydroxyl groups excluding tert-OH is 1. The summed E-state index contributed by atoms with van der Waals surface area (Å²) >= 11 is 5.27. The number of halogens is 1. The van der Waals surface area contributed by atoms with Crippen LogP contribution in [0, 0.1) is 5.92 Å². The first kappa shape index (κ1) is 9.69. The van der Waals surface area contributed by atoms with Gasteiger partial charge < -0.3 is 5.11 Å². The molecule has 0 radical (unpaired) electrons. The van der Waals surface area contributed by atoms with Crippen molar-refractivity contribution in [2.75, 3.05) is 0 Å². The molecule has 0 spiro atoms. The van der Waals surface area contributed by atoms with Gasteiger partial charge in [-0.25, -0.2) is 0 Å². The Hall–Kier alpha value is 0.140. The highest BCUT2D eigenvalue weighted by molar-refractivity contribution is 9.11. The molecule has 1 aromatic heterocycles. The molecule has 1 N–H and O–H groups in total. The van der Waals surface area contributed by atoms with E-state index in [1.165, 1.54) is 8.66 Å². The fourth-order valence-electron chi connectivity index (χ4n) is 2.09. The van der Waals surface area contributed by atoms with E-state index in [0.717, 1.165) is 12.8 Å². The molecule has 1 aromatic rings. The molecule has 0 aliphatic heterocycles. The third-order valence-electron chi connectivity index (χ3n) is 2.94. The monoisotopic (exact) mass is 260 g/mol. The lowest BCUT2D eigenvalue weighted by Crippen LogP contribution is -2.38. The van der Waals surface area contributed by atoms with E-state index in [2.05, 4.69) is 35.0 Å². The van der Waals surface area contributed by atoms with Crippen molar-refractivity contribution in [1.82, 2.24) is 0 Å². The second-order valence-electron chi connectivity index (χ2n) is 3.62. The van der Waals surface area contributed by atoms with E-state index in [9.17, 15) is 5.11 Å². The smallest absolute Gasteiger partial charge is 0.0701 e. The molecule has 1 fully saturated rings. The molecule has 72 valence electrons. The number of aliphatic hydroxyl groups is 1. The van der Waals surface area contributed by atoms with Crippen LogP contribution in [-0.4, -0.2) is 11.2 Å². The summed E-state index contributed by atoms with van der Waals surface area (Å²) < 4.78 is 1.19. The van der Waals surface area contributed by atoms with Crippen molar-refractivity contribution in [1.29, 1.82) is 0 Å². The zero-order chi connectivity index (χ0) is 9.42. The highest BCUT2D eigenvalue weighted by Gasteiger charge is 2.39. The molecule has 0 bridgehead atoms. The van der Waals surface area contributed by atoms with E-state index >= 15 is 0 Å². The van der Waals surface area contributed by atoms with Crippen LogP contribution in [0.4, 0.5) is 0 Å². The molecular formula is C10H13BrOS. The van der Waals surface area contributed by atoms with Gasteiger partial charge in [-0.15, -0.1) is 11.3 Å². The maximum absolute atomic E-state index is 9.54. The van der Waals surface area contributed by atoms with Gasteiger partial charge in [-0.1, -0.05) is 13.3 Å². The molecule has 3 unspecified atom stereocenters. The summed E-state index contributed by atoms with van der Waals surface area (Å²) in [5.41, 5.74) is 0. The Kier molecular flexibility index (Phi) is 2.77. The Balaban J connectivity index is 2.11. The van der Waals surface area contributed by atoms with Crippen LogP contribution >= 0.6 is 27.3 Å². The second-order valence-corrected chi connectivity index (χ2v) is 6.12. The largest absolute Gasteiger partial charge is 0.393 e. The van der Waals surface area contributed by atoms with Crippen molar-refractivity contribution < 1.29 is 5.11 Å². The maximum atomic E-state index is 9.54. The normalized spacial score (nSPS) is 33.0. The third-order valence-corrected chi connectivity index (χ3v) is 4.69. The lowest BCUT2D eigenvalue weighted by Gasteiger charge is -2.40. The van der Waals surface area contributed by atoms with E-state index in [1.54, 1.807) is 11.3 Å². The topological polar surface area (TPSA) is 20.2 Å². The van der Waals surface area contributed by atoms with E-state index in [1.807, 2.05) is 0 Å². The van der Waals surface area contributed by atoms with Crippen LogP contribution in [-0.2, 0) is 0 Å². The summed E-state index contributed by atoms with van der Waals surface area (Å²) in [6.45, 7) is 2.16. The maximum Gasteiger partial charge on any atom is 0.0701 e. The highest BCUT2D eigenvalue weighted by atomic mass is 79.9. The number of thiophene rings is 1. The first-order chi connectivity index (χ1) is 6.22. The first-order valence-electron chi connectivity index (χ1n) is 4.65. The molecule has 0 saturated heterocycles. The molecule has 1 heterocycles. The van der Waals surface area contributed by atoms with E-state index in [4.69, 9.17) is 0 Å². The average molecular weight is 261 g/mol. The van der Waals surface area contributed by atoms with Gasteiger partial charge in [-0.3, -0.25) is 0 Å². The van der Waals surface area contributed by atoms with Gasteiger partial charge in [0.05, 0.1) is 9.89 Å². The van der Waals surface area contributed by atoms with Gasteiger partial charge in [0.15, 0.2) is 0 Å². The summed E-state index contributed by atoms with van der Waals surface area (Å²) in [7, 11) is 0. The van der Waals surface area contributed by atoms with Crippen LogP contribution < -0.4 is 0 Å². The number of hydrogen-bond donors (Lipinski definition) is 1. The molecule has 2 rings (SSSR count). The van der Waals surface area contributed by atoms with Crippen molar-refractivity contribution in [3.05, 3.63) is 20.8 Å².